The molecule has 98 valence electrons. The fraction of sp³-hybridized carbons (Fsp3) is 0.231. The monoisotopic (exact) mass is 262 g/mol. The molecule has 19 heavy (non-hydrogen) atoms. The number of hydrogen-bond donors (Lipinski definition) is 0. The van der Waals surface area contributed by atoms with Crippen molar-refractivity contribution >= 4 is 11.0 Å². The number of nitrogens with zero attached hydrogens (tertiary/aromatic N) is 4. The lowest BCUT2D eigenvalue weighted by molar-refractivity contribution is 0.510. The number of hydrogen-bond acceptors (Lipinski definition) is 2. The van der Waals surface area contributed by atoms with Gasteiger partial charge in [-0.1, -0.05) is 0 Å². The molecule has 2 aromatic heterocycles. The van der Waals surface area contributed by atoms with E-state index in [4.69, 9.17) is 0 Å². The molecule has 0 saturated carbocycles. The summed E-state index contributed by atoms with van der Waals surface area (Å²) in [5.41, 5.74) is 2.90. The van der Waals surface area contributed by atoms with Crippen LogP contribution in [0.4, 0.5) is 8.78 Å². The van der Waals surface area contributed by atoms with Gasteiger partial charge in [0.15, 0.2) is 11.6 Å². The zero-order valence-corrected chi connectivity index (χ0v) is 10.6. The average molecular weight is 262 g/mol. The zero-order valence-electron chi connectivity index (χ0n) is 10.6. The third-order valence-corrected chi connectivity index (χ3v) is 3.09. The number of halogens is 2. The predicted molar refractivity (Wildman–Crippen MR) is 66.7 cm³/mol. The summed E-state index contributed by atoms with van der Waals surface area (Å²) >= 11 is 0. The van der Waals surface area contributed by atoms with Gasteiger partial charge in [-0.05, 0) is 13.0 Å². The minimum atomic E-state index is -0.880. The Morgan fingerprint density at radius 3 is 2.58 bits per heavy atom. The summed E-state index contributed by atoms with van der Waals surface area (Å²) in [4.78, 5) is 4.08. The first-order valence-electron chi connectivity index (χ1n) is 5.84. The molecule has 0 fully saturated rings. The van der Waals surface area contributed by atoms with E-state index in [-0.39, 0.29) is 0 Å². The summed E-state index contributed by atoms with van der Waals surface area (Å²) in [6, 6.07) is 4.22. The van der Waals surface area contributed by atoms with E-state index in [1.807, 2.05) is 20.0 Å². The third kappa shape index (κ3) is 1.99. The summed E-state index contributed by atoms with van der Waals surface area (Å²) in [5.74, 6) is -1.75. The second-order valence-electron chi connectivity index (χ2n) is 4.53. The van der Waals surface area contributed by atoms with Gasteiger partial charge in [-0.25, -0.2) is 13.8 Å². The van der Waals surface area contributed by atoms with Gasteiger partial charge in [0.2, 0.25) is 0 Å². The van der Waals surface area contributed by atoms with E-state index >= 15 is 0 Å². The number of fused-ring (bicyclic) bond motifs is 1. The summed E-state index contributed by atoms with van der Waals surface area (Å²) in [7, 11) is 1.85. The van der Waals surface area contributed by atoms with Gasteiger partial charge in [-0.2, -0.15) is 5.10 Å². The van der Waals surface area contributed by atoms with Crippen molar-refractivity contribution < 1.29 is 8.78 Å². The highest BCUT2D eigenvalue weighted by Crippen LogP contribution is 2.18. The maximum absolute atomic E-state index is 13.3. The largest absolute Gasteiger partial charge is 0.324 e. The van der Waals surface area contributed by atoms with Crippen LogP contribution in [0.15, 0.2) is 24.5 Å². The molecule has 0 saturated heterocycles. The molecular weight excluding hydrogens is 250 g/mol. The topological polar surface area (TPSA) is 35.6 Å². The Hall–Kier alpha value is -2.24. The summed E-state index contributed by atoms with van der Waals surface area (Å²) in [6.07, 6.45) is 1.58. The molecule has 0 amide bonds. The Labute approximate surface area is 108 Å². The van der Waals surface area contributed by atoms with E-state index in [1.54, 1.807) is 15.6 Å². The standard InChI is InChI=1S/C13H12F2N4/c1-8-3-9(18(2)17-8)6-19-7-16-12-4-10(14)11(15)5-13(12)19/h3-5,7H,6H2,1-2H3. The molecule has 3 rings (SSSR count). The van der Waals surface area contributed by atoms with Gasteiger partial charge >= 0.3 is 0 Å². The summed E-state index contributed by atoms with van der Waals surface area (Å²) in [6.45, 7) is 2.42. The average Bonchev–Trinajstić information content (AvgIpc) is 2.86. The molecule has 0 unspecified atom stereocenters. The highest BCUT2D eigenvalue weighted by Gasteiger charge is 2.10. The summed E-state index contributed by atoms with van der Waals surface area (Å²) in [5, 5.41) is 4.25. The third-order valence-electron chi connectivity index (χ3n) is 3.09. The van der Waals surface area contributed by atoms with E-state index in [0.29, 0.717) is 17.6 Å². The van der Waals surface area contributed by atoms with Gasteiger partial charge in [0.25, 0.3) is 0 Å². The number of aromatic nitrogens is 4. The lowest BCUT2D eigenvalue weighted by Crippen LogP contribution is -2.04. The molecule has 6 heteroatoms. The van der Waals surface area contributed by atoms with Gasteiger partial charge in [-0.3, -0.25) is 4.68 Å². The molecule has 3 aromatic rings. The number of benzene rings is 1. The lowest BCUT2D eigenvalue weighted by Gasteiger charge is -2.05. The van der Waals surface area contributed by atoms with Crippen LogP contribution in [-0.4, -0.2) is 19.3 Å². The van der Waals surface area contributed by atoms with E-state index < -0.39 is 11.6 Å². The lowest BCUT2D eigenvalue weighted by atomic mass is 10.3. The Bertz CT molecular complexity index is 757. The number of rotatable bonds is 2. The van der Waals surface area contributed by atoms with Gasteiger partial charge in [0.1, 0.15) is 0 Å². The molecule has 2 heterocycles. The molecular formula is C13H12F2N4. The first-order valence-corrected chi connectivity index (χ1v) is 5.84. The fourth-order valence-electron chi connectivity index (χ4n) is 2.17. The smallest absolute Gasteiger partial charge is 0.161 e. The second-order valence-corrected chi connectivity index (χ2v) is 4.53. The van der Waals surface area contributed by atoms with Crippen LogP contribution in [0.25, 0.3) is 11.0 Å². The van der Waals surface area contributed by atoms with Crippen LogP contribution in [0.5, 0.6) is 0 Å². The molecule has 4 nitrogen and oxygen atoms in total. The molecule has 0 N–H and O–H groups in total. The fourth-order valence-corrected chi connectivity index (χ4v) is 2.17. The van der Waals surface area contributed by atoms with E-state index in [0.717, 1.165) is 17.5 Å². The Morgan fingerprint density at radius 2 is 1.89 bits per heavy atom. The van der Waals surface area contributed by atoms with Crippen LogP contribution in [0.3, 0.4) is 0 Å². The molecule has 0 aliphatic rings. The highest BCUT2D eigenvalue weighted by atomic mass is 19.2. The van der Waals surface area contributed by atoms with E-state index in [9.17, 15) is 8.78 Å². The van der Waals surface area contributed by atoms with Gasteiger partial charge in [0.05, 0.1) is 35.3 Å². The van der Waals surface area contributed by atoms with E-state index in [1.165, 1.54) is 6.07 Å². The molecule has 0 atom stereocenters. The van der Waals surface area contributed by atoms with Crippen molar-refractivity contribution in [2.24, 2.45) is 7.05 Å². The summed E-state index contributed by atoms with van der Waals surface area (Å²) < 4.78 is 29.9. The Balaban J connectivity index is 2.06. The Kier molecular flexibility index (Phi) is 2.58. The van der Waals surface area contributed by atoms with Crippen molar-refractivity contribution in [2.45, 2.75) is 13.5 Å². The quantitative estimate of drug-likeness (QED) is 0.711. The van der Waals surface area contributed by atoms with Crippen molar-refractivity contribution in [3.63, 3.8) is 0 Å². The molecule has 0 aliphatic carbocycles. The van der Waals surface area contributed by atoms with Gasteiger partial charge < -0.3 is 4.57 Å². The molecule has 0 aliphatic heterocycles. The normalized spacial score (nSPS) is 11.4. The van der Waals surface area contributed by atoms with Crippen molar-refractivity contribution in [2.75, 3.05) is 0 Å². The van der Waals surface area contributed by atoms with Crippen molar-refractivity contribution in [3.8, 4) is 0 Å². The predicted octanol–water partition coefficient (Wildman–Crippen LogP) is 2.40. The van der Waals surface area contributed by atoms with E-state index in [2.05, 4.69) is 10.1 Å². The molecule has 0 spiro atoms. The second kappa shape index (κ2) is 4.15. The SMILES string of the molecule is Cc1cc(Cn2cnc3cc(F)c(F)cc32)n(C)n1. The minimum Gasteiger partial charge on any atom is -0.324 e. The first-order chi connectivity index (χ1) is 9.04. The maximum atomic E-state index is 13.3. The number of imidazole rings is 1. The minimum absolute atomic E-state index is 0.442. The van der Waals surface area contributed by atoms with Gasteiger partial charge in [0, 0.05) is 19.2 Å². The first kappa shape index (κ1) is 11.8. The Morgan fingerprint density at radius 1 is 1.16 bits per heavy atom. The van der Waals surface area contributed by atoms with Crippen LogP contribution in [-0.2, 0) is 13.6 Å². The molecule has 1 aromatic carbocycles. The molecule has 0 radical (unpaired) electrons. The molecule has 0 bridgehead atoms. The van der Waals surface area contributed by atoms with Gasteiger partial charge in [-0.15, -0.1) is 0 Å². The van der Waals surface area contributed by atoms with Crippen LogP contribution in [0.2, 0.25) is 0 Å². The zero-order chi connectivity index (χ0) is 13.6. The van der Waals surface area contributed by atoms with Crippen molar-refractivity contribution in [3.05, 3.63) is 47.5 Å². The van der Waals surface area contributed by atoms with Crippen LogP contribution >= 0.6 is 0 Å². The van der Waals surface area contributed by atoms with Crippen LogP contribution in [0, 0.1) is 18.6 Å². The van der Waals surface area contributed by atoms with Crippen molar-refractivity contribution in [1.82, 2.24) is 19.3 Å². The van der Waals surface area contributed by atoms with Crippen LogP contribution in [0.1, 0.15) is 11.4 Å². The highest BCUT2D eigenvalue weighted by molar-refractivity contribution is 5.75. The van der Waals surface area contributed by atoms with Crippen LogP contribution < -0.4 is 0 Å². The van der Waals surface area contributed by atoms with Crippen molar-refractivity contribution in [1.29, 1.82) is 0 Å². The number of aryl methyl sites for hydroxylation is 2. The maximum Gasteiger partial charge on any atom is 0.161 e.